The highest BCUT2D eigenvalue weighted by atomic mass is 32.2. The number of fused-ring (bicyclic) bond motifs is 1. The highest BCUT2D eigenvalue weighted by Crippen LogP contribution is 2.24. The average Bonchev–Trinajstić information content (AvgIpc) is 3.28. The summed E-state index contributed by atoms with van der Waals surface area (Å²) >= 11 is 0. The van der Waals surface area contributed by atoms with Crippen molar-refractivity contribution in [1.82, 2.24) is 24.5 Å². The Hall–Kier alpha value is -4.11. The Morgan fingerprint density at radius 2 is 1.66 bits per heavy atom. The summed E-state index contributed by atoms with van der Waals surface area (Å²) in [6, 6.07) is 19.0. The number of hydrogen-bond donors (Lipinski definition) is 0. The van der Waals surface area contributed by atoms with E-state index in [1.807, 2.05) is 30.3 Å². The zero-order chi connectivity index (χ0) is 22.3. The third-order valence-electron chi connectivity index (χ3n) is 5.08. The Balaban J connectivity index is 1.64. The van der Waals surface area contributed by atoms with Gasteiger partial charge in [0.1, 0.15) is 0 Å². The fourth-order valence-electron chi connectivity index (χ4n) is 3.51. The third kappa shape index (κ3) is 3.48. The van der Waals surface area contributed by atoms with Gasteiger partial charge in [-0.3, -0.25) is 9.78 Å². The van der Waals surface area contributed by atoms with Gasteiger partial charge < -0.3 is 0 Å². The third-order valence-corrected chi connectivity index (χ3v) is 6.21. The van der Waals surface area contributed by atoms with Crippen LogP contribution >= 0.6 is 0 Å². The van der Waals surface area contributed by atoms with Crippen LogP contribution < -0.4 is 5.43 Å². The first-order valence-corrected chi connectivity index (χ1v) is 11.6. The predicted molar refractivity (Wildman–Crippen MR) is 121 cm³/mol. The van der Waals surface area contributed by atoms with E-state index in [4.69, 9.17) is 0 Å². The minimum absolute atomic E-state index is 0.213. The van der Waals surface area contributed by atoms with Gasteiger partial charge in [-0.1, -0.05) is 18.2 Å². The highest BCUT2D eigenvalue weighted by Gasteiger charge is 2.16. The van der Waals surface area contributed by atoms with Gasteiger partial charge >= 0.3 is 0 Å². The summed E-state index contributed by atoms with van der Waals surface area (Å²) in [5.74, 6) is 0. The van der Waals surface area contributed by atoms with Gasteiger partial charge in [0.05, 0.1) is 33.7 Å². The minimum Gasteiger partial charge on any atom is -0.287 e. The maximum Gasteiger partial charge on any atom is 0.209 e. The molecule has 158 valence electrons. The molecule has 9 heteroatoms. The number of hydrogen-bond acceptors (Lipinski definition) is 6. The first-order chi connectivity index (χ1) is 15.4. The molecule has 0 saturated carbocycles. The maximum atomic E-state index is 12.7. The Kier molecular flexibility index (Phi) is 4.67. The van der Waals surface area contributed by atoms with E-state index in [1.165, 1.54) is 22.9 Å². The quantitative estimate of drug-likeness (QED) is 0.423. The van der Waals surface area contributed by atoms with Crippen molar-refractivity contribution in [2.24, 2.45) is 0 Å². The first kappa shape index (κ1) is 19.8. The Morgan fingerprint density at radius 1 is 0.875 bits per heavy atom. The van der Waals surface area contributed by atoms with Crippen molar-refractivity contribution in [3.05, 3.63) is 95.5 Å². The number of nitrogens with zero attached hydrogens (tertiary/aromatic N) is 5. The molecule has 0 aliphatic carbocycles. The number of benzene rings is 2. The van der Waals surface area contributed by atoms with Crippen molar-refractivity contribution in [3.63, 3.8) is 0 Å². The van der Waals surface area contributed by atoms with E-state index in [0.29, 0.717) is 11.4 Å². The average molecular weight is 443 g/mol. The van der Waals surface area contributed by atoms with E-state index in [2.05, 4.69) is 15.2 Å². The molecule has 8 nitrogen and oxygen atoms in total. The van der Waals surface area contributed by atoms with Gasteiger partial charge in [-0.15, -0.1) is 0 Å². The second-order valence-corrected chi connectivity index (χ2v) is 9.23. The Morgan fingerprint density at radius 3 is 2.44 bits per heavy atom. The van der Waals surface area contributed by atoms with Crippen LogP contribution in [0.25, 0.3) is 33.7 Å². The summed E-state index contributed by atoms with van der Waals surface area (Å²) in [6.07, 6.45) is 6.01. The molecule has 0 N–H and O–H groups in total. The SMILES string of the molecule is CS(=O)(=O)c1ccc(-n2ccc(=O)c(-c3ccnn3-c3ccnc4ccccc34)n2)cc1. The van der Waals surface area contributed by atoms with Gasteiger partial charge in [0.15, 0.2) is 15.5 Å². The summed E-state index contributed by atoms with van der Waals surface area (Å²) in [4.78, 5) is 17.3. The molecule has 0 atom stereocenters. The lowest BCUT2D eigenvalue weighted by atomic mass is 10.2. The number of aromatic nitrogens is 5. The molecule has 5 aromatic rings. The van der Waals surface area contributed by atoms with Crippen LogP contribution in [0.4, 0.5) is 0 Å². The molecule has 0 radical (unpaired) electrons. The van der Waals surface area contributed by atoms with E-state index < -0.39 is 9.84 Å². The predicted octanol–water partition coefficient (Wildman–Crippen LogP) is 3.04. The van der Waals surface area contributed by atoms with Crippen molar-refractivity contribution in [2.75, 3.05) is 6.26 Å². The lowest BCUT2D eigenvalue weighted by Crippen LogP contribution is -2.15. The second kappa shape index (κ2) is 7.54. The normalized spacial score (nSPS) is 11.7. The van der Waals surface area contributed by atoms with E-state index in [0.717, 1.165) is 22.8 Å². The number of pyridine rings is 1. The van der Waals surface area contributed by atoms with Crippen LogP contribution in [0.5, 0.6) is 0 Å². The van der Waals surface area contributed by atoms with E-state index >= 15 is 0 Å². The Labute approximate surface area is 183 Å². The largest absolute Gasteiger partial charge is 0.287 e. The van der Waals surface area contributed by atoms with Crippen LogP contribution in [-0.4, -0.2) is 39.2 Å². The molecular weight excluding hydrogens is 426 g/mol. The van der Waals surface area contributed by atoms with Crippen molar-refractivity contribution >= 4 is 20.7 Å². The van der Waals surface area contributed by atoms with Crippen molar-refractivity contribution < 1.29 is 8.42 Å². The summed E-state index contributed by atoms with van der Waals surface area (Å²) in [5.41, 5.74) is 2.72. The van der Waals surface area contributed by atoms with Crippen LogP contribution in [0.2, 0.25) is 0 Å². The van der Waals surface area contributed by atoms with E-state index in [-0.39, 0.29) is 16.0 Å². The molecule has 0 fully saturated rings. The van der Waals surface area contributed by atoms with Gasteiger partial charge in [0.2, 0.25) is 5.43 Å². The molecule has 0 saturated heterocycles. The fourth-order valence-corrected chi connectivity index (χ4v) is 4.15. The summed E-state index contributed by atoms with van der Waals surface area (Å²) < 4.78 is 26.6. The number of rotatable bonds is 4. The summed E-state index contributed by atoms with van der Waals surface area (Å²) in [6.45, 7) is 0. The summed E-state index contributed by atoms with van der Waals surface area (Å²) in [5, 5.41) is 9.85. The topological polar surface area (TPSA) is 99.7 Å². The standard InChI is InChI=1S/C23H17N5O3S/c1-32(30,31)17-8-6-16(7-9-17)27-15-12-22(29)23(26-27)21-11-14-25-28(21)20-10-13-24-19-5-3-2-4-18(19)20/h2-15H,1H3. The van der Waals surface area contributed by atoms with Gasteiger partial charge in [-0.05, 0) is 42.5 Å². The minimum atomic E-state index is -3.30. The van der Waals surface area contributed by atoms with Gasteiger partial charge in [0.25, 0.3) is 0 Å². The zero-order valence-corrected chi connectivity index (χ0v) is 17.8. The molecule has 2 aromatic carbocycles. The van der Waals surface area contributed by atoms with Crippen molar-refractivity contribution in [1.29, 1.82) is 0 Å². The van der Waals surface area contributed by atoms with Crippen molar-refractivity contribution in [2.45, 2.75) is 4.90 Å². The fraction of sp³-hybridized carbons (Fsp3) is 0.0435. The van der Waals surface area contributed by atoms with Crippen LogP contribution in [0, 0.1) is 0 Å². The van der Waals surface area contributed by atoms with Gasteiger partial charge in [0, 0.05) is 30.1 Å². The molecule has 3 heterocycles. The molecule has 32 heavy (non-hydrogen) atoms. The number of para-hydroxylation sites is 1. The van der Waals surface area contributed by atoms with Crippen molar-refractivity contribution in [3.8, 4) is 22.8 Å². The second-order valence-electron chi connectivity index (χ2n) is 7.21. The van der Waals surface area contributed by atoms with Crippen LogP contribution in [0.3, 0.4) is 0 Å². The smallest absolute Gasteiger partial charge is 0.209 e. The number of sulfone groups is 1. The van der Waals surface area contributed by atoms with Crippen LogP contribution in [0.1, 0.15) is 0 Å². The van der Waals surface area contributed by atoms with E-state index in [1.54, 1.807) is 41.5 Å². The lowest BCUT2D eigenvalue weighted by Gasteiger charge is -2.11. The molecule has 0 aliphatic rings. The lowest BCUT2D eigenvalue weighted by molar-refractivity contribution is 0.602. The van der Waals surface area contributed by atoms with Crippen LogP contribution in [-0.2, 0) is 9.84 Å². The molecule has 0 bridgehead atoms. The molecule has 0 aliphatic heterocycles. The molecule has 0 spiro atoms. The molecule has 0 amide bonds. The van der Waals surface area contributed by atoms with E-state index in [9.17, 15) is 13.2 Å². The summed E-state index contributed by atoms with van der Waals surface area (Å²) in [7, 11) is -3.30. The monoisotopic (exact) mass is 443 g/mol. The molecular formula is C23H17N5O3S. The zero-order valence-electron chi connectivity index (χ0n) is 17.0. The molecule has 5 rings (SSSR count). The van der Waals surface area contributed by atoms with Crippen LogP contribution in [0.15, 0.2) is 95.0 Å². The van der Waals surface area contributed by atoms with Gasteiger partial charge in [-0.2, -0.15) is 10.2 Å². The van der Waals surface area contributed by atoms with Gasteiger partial charge in [-0.25, -0.2) is 17.8 Å². The maximum absolute atomic E-state index is 12.7. The Bertz CT molecular complexity index is 1610. The molecule has 0 unspecified atom stereocenters. The highest BCUT2D eigenvalue weighted by molar-refractivity contribution is 7.90. The first-order valence-electron chi connectivity index (χ1n) is 9.71. The molecule has 3 aromatic heterocycles.